The van der Waals surface area contributed by atoms with Gasteiger partial charge in [0.1, 0.15) is 0 Å². The highest BCUT2D eigenvalue weighted by atomic mass is 28.4. The molecule has 3 nitrogen and oxygen atoms in total. The average molecular weight is 339 g/mol. The van der Waals surface area contributed by atoms with Gasteiger partial charge in [0, 0.05) is 0 Å². The third-order valence-corrected chi connectivity index (χ3v) is 4.81. The lowest BCUT2D eigenvalue weighted by Crippen LogP contribution is -2.36. The van der Waals surface area contributed by atoms with Crippen LogP contribution in [0.5, 0.6) is 0 Å². The molecule has 0 aromatic heterocycles. The Morgan fingerprint density at radius 2 is 1.59 bits per heavy atom. The summed E-state index contributed by atoms with van der Waals surface area (Å²) in [6.07, 6.45) is 2.10. The lowest BCUT2D eigenvalue weighted by Gasteiger charge is -2.27. The third kappa shape index (κ3) is 9.17. The first-order valence-corrected chi connectivity index (χ1v) is 14.8. The van der Waals surface area contributed by atoms with Gasteiger partial charge in [0.25, 0.3) is 5.97 Å². The molecule has 0 aliphatic rings. The zero-order valence-corrected chi connectivity index (χ0v) is 16.8. The van der Waals surface area contributed by atoms with Crippen LogP contribution in [0, 0.1) is 0 Å². The second-order valence-corrected chi connectivity index (χ2v) is 16.6. The van der Waals surface area contributed by atoms with Gasteiger partial charge in [-0.25, -0.2) is 0 Å². The standard InChI is InChI=1S/C17H30O3Si2/c1-21(2,3)19-16(14-17(18)20-22(4,5)6)13-12-15-10-8-7-9-11-15/h7-11,16H,12-14H2,1-6H3. The van der Waals surface area contributed by atoms with Crippen LogP contribution in [0.25, 0.3) is 0 Å². The number of hydrogen-bond acceptors (Lipinski definition) is 3. The Morgan fingerprint density at radius 1 is 1.00 bits per heavy atom. The molecule has 0 bridgehead atoms. The first-order chi connectivity index (χ1) is 10.1. The molecule has 5 heteroatoms. The van der Waals surface area contributed by atoms with E-state index in [4.69, 9.17) is 8.85 Å². The molecular weight excluding hydrogens is 308 g/mol. The van der Waals surface area contributed by atoms with Crippen molar-refractivity contribution in [2.24, 2.45) is 0 Å². The molecule has 1 aromatic rings. The van der Waals surface area contributed by atoms with Crippen LogP contribution in [0.4, 0.5) is 0 Å². The maximum absolute atomic E-state index is 12.1. The van der Waals surface area contributed by atoms with Gasteiger partial charge >= 0.3 is 0 Å². The summed E-state index contributed by atoms with van der Waals surface area (Å²) < 4.78 is 11.8. The highest BCUT2D eigenvalue weighted by Crippen LogP contribution is 2.17. The van der Waals surface area contributed by atoms with Gasteiger partial charge in [0.05, 0.1) is 12.5 Å². The fourth-order valence-electron chi connectivity index (χ4n) is 2.24. The lowest BCUT2D eigenvalue weighted by molar-refractivity contribution is -0.137. The SMILES string of the molecule is C[Si](C)(C)OC(=O)CC(CCc1ccccc1)O[Si](C)(C)C. The highest BCUT2D eigenvalue weighted by Gasteiger charge is 2.26. The predicted molar refractivity (Wildman–Crippen MR) is 97.0 cm³/mol. The fourth-order valence-corrected chi connectivity index (χ4v) is 4.21. The van der Waals surface area contributed by atoms with Crippen LogP contribution in [0.15, 0.2) is 30.3 Å². The largest absolute Gasteiger partial charge is 0.520 e. The summed E-state index contributed by atoms with van der Waals surface area (Å²) in [6.45, 7) is 12.6. The number of hydrogen-bond donors (Lipinski definition) is 0. The van der Waals surface area contributed by atoms with Gasteiger partial charge in [0.15, 0.2) is 8.32 Å². The van der Waals surface area contributed by atoms with E-state index in [1.54, 1.807) is 0 Å². The van der Waals surface area contributed by atoms with E-state index in [9.17, 15) is 4.79 Å². The minimum absolute atomic E-state index is 0.0456. The van der Waals surface area contributed by atoms with Gasteiger partial charge in [0.2, 0.25) is 8.32 Å². The molecule has 0 N–H and O–H groups in total. The van der Waals surface area contributed by atoms with Gasteiger partial charge in [-0.15, -0.1) is 0 Å². The topological polar surface area (TPSA) is 35.5 Å². The molecule has 1 aromatic carbocycles. The van der Waals surface area contributed by atoms with Crippen LogP contribution < -0.4 is 0 Å². The fraction of sp³-hybridized carbons (Fsp3) is 0.588. The second kappa shape index (κ2) is 8.08. The maximum atomic E-state index is 12.1. The monoisotopic (exact) mass is 338 g/mol. The molecule has 0 spiro atoms. The lowest BCUT2D eigenvalue weighted by atomic mass is 10.1. The van der Waals surface area contributed by atoms with Crippen LogP contribution in [-0.2, 0) is 20.1 Å². The van der Waals surface area contributed by atoms with Gasteiger partial charge < -0.3 is 8.85 Å². The number of rotatable bonds is 8. The molecule has 0 amide bonds. The zero-order chi connectivity index (χ0) is 16.8. The number of carbonyl (C=O) groups is 1. The first kappa shape index (κ1) is 19.1. The Kier molecular flexibility index (Phi) is 7.03. The molecule has 1 atom stereocenters. The van der Waals surface area contributed by atoms with Crippen molar-refractivity contribution in [3.63, 3.8) is 0 Å². The molecule has 124 valence electrons. The van der Waals surface area contributed by atoms with Crippen molar-refractivity contribution in [1.82, 2.24) is 0 Å². The molecule has 1 unspecified atom stereocenters. The summed E-state index contributed by atoms with van der Waals surface area (Å²) in [5.74, 6) is -0.115. The van der Waals surface area contributed by atoms with Gasteiger partial charge in [-0.3, -0.25) is 4.79 Å². The van der Waals surface area contributed by atoms with Crippen molar-refractivity contribution in [2.45, 2.75) is 64.6 Å². The molecule has 1 rings (SSSR count). The molecule has 0 heterocycles. The highest BCUT2D eigenvalue weighted by molar-refractivity contribution is 6.71. The average Bonchev–Trinajstić information content (AvgIpc) is 2.33. The quantitative estimate of drug-likeness (QED) is 0.649. The number of benzene rings is 1. The molecule has 0 saturated heterocycles. The van der Waals surface area contributed by atoms with Crippen LogP contribution in [-0.4, -0.2) is 28.7 Å². The molecular formula is C17H30O3Si2. The third-order valence-electron chi connectivity index (χ3n) is 2.93. The Labute approximate surface area is 137 Å². The van der Waals surface area contributed by atoms with E-state index in [2.05, 4.69) is 31.8 Å². The molecule has 22 heavy (non-hydrogen) atoms. The maximum Gasteiger partial charge on any atom is 0.295 e. The Bertz CT molecular complexity index is 461. The van der Waals surface area contributed by atoms with E-state index in [1.807, 2.05) is 37.8 Å². The van der Waals surface area contributed by atoms with Gasteiger partial charge in [-0.1, -0.05) is 30.3 Å². The van der Waals surface area contributed by atoms with E-state index in [1.165, 1.54) is 5.56 Å². The minimum Gasteiger partial charge on any atom is -0.520 e. The summed E-state index contributed by atoms with van der Waals surface area (Å²) >= 11 is 0. The van der Waals surface area contributed by atoms with Crippen LogP contribution >= 0.6 is 0 Å². The molecule has 0 radical (unpaired) electrons. The molecule has 0 aliphatic carbocycles. The Balaban J connectivity index is 2.61. The molecule has 0 fully saturated rings. The minimum atomic E-state index is -1.83. The van der Waals surface area contributed by atoms with Crippen molar-refractivity contribution in [1.29, 1.82) is 0 Å². The summed E-state index contributed by atoms with van der Waals surface area (Å²) in [7, 11) is -3.51. The molecule has 0 aliphatic heterocycles. The second-order valence-electron chi connectivity index (χ2n) is 7.67. The van der Waals surface area contributed by atoms with Crippen molar-refractivity contribution in [2.75, 3.05) is 0 Å². The van der Waals surface area contributed by atoms with Gasteiger partial charge in [-0.05, 0) is 57.7 Å². The van der Waals surface area contributed by atoms with E-state index < -0.39 is 16.6 Å². The Morgan fingerprint density at radius 3 is 2.09 bits per heavy atom. The Hall–Kier alpha value is -0.916. The summed E-state index contributed by atoms with van der Waals surface area (Å²) in [6, 6.07) is 10.3. The first-order valence-electron chi connectivity index (χ1n) is 7.99. The van der Waals surface area contributed by atoms with Crippen molar-refractivity contribution in [3.05, 3.63) is 35.9 Å². The zero-order valence-electron chi connectivity index (χ0n) is 14.8. The van der Waals surface area contributed by atoms with Crippen molar-refractivity contribution >= 4 is 22.6 Å². The summed E-state index contributed by atoms with van der Waals surface area (Å²) in [5.41, 5.74) is 1.28. The van der Waals surface area contributed by atoms with Crippen LogP contribution in [0.3, 0.4) is 0 Å². The molecule has 0 saturated carbocycles. The number of carbonyl (C=O) groups excluding carboxylic acids is 1. The number of aryl methyl sites for hydroxylation is 1. The van der Waals surface area contributed by atoms with E-state index in [0.29, 0.717) is 6.42 Å². The van der Waals surface area contributed by atoms with E-state index >= 15 is 0 Å². The van der Waals surface area contributed by atoms with Crippen LogP contribution in [0.2, 0.25) is 39.3 Å². The smallest absolute Gasteiger partial charge is 0.295 e. The van der Waals surface area contributed by atoms with Crippen molar-refractivity contribution in [3.8, 4) is 0 Å². The van der Waals surface area contributed by atoms with Gasteiger partial charge in [-0.2, -0.15) is 0 Å². The summed E-state index contributed by atoms with van der Waals surface area (Å²) in [5, 5.41) is 0. The van der Waals surface area contributed by atoms with E-state index in [0.717, 1.165) is 12.8 Å². The van der Waals surface area contributed by atoms with Crippen LogP contribution in [0.1, 0.15) is 18.4 Å². The van der Waals surface area contributed by atoms with E-state index in [-0.39, 0.29) is 12.1 Å². The normalized spacial score (nSPS) is 13.7. The van der Waals surface area contributed by atoms with Crippen molar-refractivity contribution < 1.29 is 13.6 Å². The summed E-state index contributed by atoms with van der Waals surface area (Å²) in [4.78, 5) is 12.1. The predicted octanol–water partition coefficient (Wildman–Crippen LogP) is 4.61.